The van der Waals surface area contributed by atoms with Crippen LogP contribution >= 0.6 is 0 Å². The zero-order valence-corrected chi connectivity index (χ0v) is 8.08. The topological polar surface area (TPSA) is 72.0 Å². The van der Waals surface area contributed by atoms with E-state index in [0.717, 1.165) is 0 Å². The van der Waals surface area contributed by atoms with E-state index in [1.165, 1.54) is 6.33 Å². The van der Waals surface area contributed by atoms with Crippen LogP contribution in [0.4, 0.5) is 0 Å². The summed E-state index contributed by atoms with van der Waals surface area (Å²) in [6.07, 6.45) is 2.96. The van der Waals surface area contributed by atoms with Crippen molar-refractivity contribution in [1.82, 2.24) is 14.7 Å². The van der Waals surface area contributed by atoms with Gasteiger partial charge in [-0.2, -0.15) is 0 Å². The first kappa shape index (κ1) is 10.1. The van der Waals surface area contributed by atoms with E-state index in [-0.39, 0.29) is 12.3 Å². The van der Waals surface area contributed by atoms with Crippen LogP contribution in [-0.4, -0.2) is 24.1 Å². The van der Waals surface area contributed by atoms with Crippen molar-refractivity contribution in [3.63, 3.8) is 0 Å². The Morgan fingerprint density at radius 1 is 1.54 bits per heavy atom. The fourth-order valence-corrected chi connectivity index (χ4v) is 1.28. The first-order valence-electron chi connectivity index (χ1n) is 3.86. The van der Waals surface area contributed by atoms with Crippen LogP contribution in [0.2, 0.25) is 0 Å². The van der Waals surface area contributed by atoms with Gasteiger partial charge < -0.3 is 0 Å². The average Bonchev–Trinajstić information content (AvgIpc) is 2.17. The molecule has 0 saturated carbocycles. The van der Waals surface area contributed by atoms with E-state index in [0.29, 0.717) is 5.69 Å². The molecule has 6 heteroatoms. The number of aromatic nitrogens is 2. The maximum Gasteiger partial charge on any atom is 0.211 e. The highest BCUT2D eigenvalue weighted by molar-refractivity contribution is 7.89. The summed E-state index contributed by atoms with van der Waals surface area (Å²) in [5.41, 5.74) is 0.659. The lowest BCUT2D eigenvalue weighted by atomic mass is 10.4. The molecule has 0 saturated heterocycles. The number of nitrogens with one attached hydrogen (secondary N) is 1. The zero-order chi connectivity index (χ0) is 9.73. The molecule has 13 heavy (non-hydrogen) atoms. The lowest BCUT2D eigenvalue weighted by Crippen LogP contribution is -2.25. The molecule has 1 rings (SSSR count). The third kappa shape index (κ3) is 3.47. The van der Waals surface area contributed by atoms with Gasteiger partial charge in [-0.05, 0) is 13.0 Å². The van der Waals surface area contributed by atoms with Gasteiger partial charge in [-0.3, -0.25) is 0 Å². The summed E-state index contributed by atoms with van der Waals surface area (Å²) in [6, 6.07) is 1.66. The molecule has 5 nitrogen and oxygen atoms in total. The second-order valence-corrected chi connectivity index (χ2v) is 4.52. The molecule has 0 spiro atoms. The highest BCUT2D eigenvalue weighted by Gasteiger charge is 2.05. The van der Waals surface area contributed by atoms with Crippen LogP contribution in [0.15, 0.2) is 18.6 Å². The summed E-state index contributed by atoms with van der Waals surface area (Å²) < 4.78 is 24.4. The maximum absolute atomic E-state index is 11.0. The Morgan fingerprint density at radius 2 is 2.31 bits per heavy atom. The SMILES string of the molecule is CCS(=O)(=O)NCc1ccncn1. The predicted octanol–water partition coefficient (Wildman–Crippen LogP) is -0.0841. The molecular weight excluding hydrogens is 190 g/mol. The Labute approximate surface area is 77.3 Å². The van der Waals surface area contributed by atoms with E-state index in [1.807, 2.05) is 0 Å². The van der Waals surface area contributed by atoms with Crippen molar-refractivity contribution in [3.05, 3.63) is 24.3 Å². The van der Waals surface area contributed by atoms with Gasteiger partial charge in [0, 0.05) is 6.20 Å². The summed E-state index contributed by atoms with van der Waals surface area (Å²) in [6.45, 7) is 1.81. The molecule has 0 atom stereocenters. The minimum Gasteiger partial charge on any atom is -0.245 e. The molecule has 0 aliphatic carbocycles. The van der Waals surface area contributed by atoms with Gasteiger partial charge in [0.15, 0.2) is 0 Å². The molecule has 0 bridgehead atoms. The van der Waals surface area contributed by atoms with E-state index in [9.17, 15) is 8.42 Å². The quantitative estimate of drug-likeness (QED) is 0.739. The standard InChI is InChI=1S/C7H11N3O2S/c1-2-13(11,12)10-5-7-3-4-8-6-9-7/h3-4,6,10H,2,5H2,1H3. The Morgan fingerprint density at radius 3 is 2.85 bits per heavy atom. The molecule has 0 unspecified atom stereocenters. The fraction of sp³-hybridized carbons (Fsp3) is 0.429. The Hall–Kier alpha value is -1.01. The summed E-state index contributed by atoms with van der Waals surface area (Å²) in [5, 5.41) is 0. The summed E-state index contributed by atoms with van der Waals surface area (Å²) >= 11 is 0. The van der Waals surface area contributed by atoms with E-state index in [1.54, 1.807) is 19.2 Å². The predicted molar refractivity (Wildman–Crippen MR) is 48.3 cm³/mol. The van der Waals surface area contributed by atoms with Crippen molar-refractivity contribution in [3.8, 4) is 0 Å². The van der Waals surface area contributed by atoms with Crippen molar-refractivity contribution in [2.24, 2.45) is 0 Å². The summed E-state index contributed by atoms with van der Waals surface area (Å²) in [4.78, 5) is 7.60. The van der Waals surface area contributed by atoms with Crippen molar-refractivity contribution in [2.45, 2.75) is 13.5 Å². The molecule has 72 valence electrons. The van der Waals surface area contributed by atoms with Crippen molar-refractivity contribution < 1.29 is 8.42 Å². The van der Waals surface area contributed by atoms with Crippen LogP contribution in [0.3, 0.4) is 0 Å². The van der Waals surface area contributed by atoms with Crippen LogP contribution in [0.1, 0.15) is 12.6 Å². The molecule has 0 radical (unpaired) electrons. The van der Waals surface area contributed by atoms with Crippen LogP contribution in [-0.2, 0) is 16.6 Å². The Bertz CT molecular complexity index is 349. The van der Waals surface area contributed by atoms with Gasteiger partial charge in [0.2, 0.25) is 10.0 Å². The van der Waals surface area contributed by atoms with Gasteiger partial charge in [0.05, 0.1) is 18.0 Å². The monoisotopic (exact) mass is 201 g/mol. The molecule has 1 aromatic heterocycles. The molecule has 1 aromatic rings. The third-order valence-electron chi connectivity index (χ3n) is 1.50. The molecule has 0 amide bonds. The lowest BCUT2D eigenvalue weighted by molar-refractivity contribution is 0.581. The van der Waals surface area contributed by atoms with E-state index in [4.69, 9.17) is 0 Å². The van der Waals surface area contributed by atoms with Crippen LogP contribution in [0.25, 0.3) is 0 Å². The Kier molecular flexibility index (Phi) is 3.32. The highest BCUT2D eigenvalue weighted by atomic mass is 32.2. The number of hydrogen-bond acceptors (Lipinski definition) is 4. The fourth-order valence-electron chi connectivity index (χ4n) is 0.709. The van der Waals surface area contributed by atoms with Gasteiger partial charge in [-0.1, -0.05) is 0 Å². The first-order chi connectivity index (χ1) is 6.14. The second kappa shape index (κ2) is 4.29. The highest BCUT2D eigenvalue weighted by Crippen LogP contribution is 1.92. The number of hydrogen-bond donors (Lipinski definition) is 1. The molecular formula is C7H11N3O2S. The van der Waals surface area contributed by atoms with Crippen molar-refractivity contribution in [1.29, 1.82) is 0 Å². The summed E-state index contributed by atoms with van der Waals surface area (Å²) in [5.74, 6) is 0.0814. The molecule has 0 aliphatic rings. The van der Waals surface area contributed by atoms with Gasteiger partial charge in [0.1, 0.15) is 6.33 Å². The van der Waals surface area contributed by atoms with Crippen LogP contribution < -0.4 is 4.72 Å². The van der Waals surface area contributed by atoms with E-state index >= 15 is 0 Å². The minimum absolute atomic E-state index is 0.0814. The van der Waals surface area contributed by atoms with Gasteiger partial charge >= 0.3 is 0 Å². The summed E-state index contributed by atoms with van der Waals surface area (Å²) in [7, 11) is -3.13. The van der Waals surface area contributed by atoms with Gasteiger partial charge in [-0.15, -0.1) is 0 Å². The first-order valence-corrected chi connectivity index (χ1v) is 5.51. The lowest BCUT2D eigenvalue weighted by Gasteiger charge is -2.02. The molecule has 0 aromatic carbocycles. The van der Waals surface area contributed by atoms with Crippen molar-refractivity contribution >= 4 is 10.0 Å². The number of nitrogens with zero attached hydrogens (tertiary/aromatic N) is 2. The number of rotatable bonds is 4. The van der Waals surface area contributed by atoms with Crippen LogP contribution in [0.5, 0.6) is 0 Å². The third-order valence-corrected chi connectivity index (χ3v) is 2.84. The second-order valence-electron chi connectivity index (χ2n) is 2.43. The van der Waals surface area contributed by atoms with Crippen LogP contribution in [0, 0.1) is 0 Å². The zero-order valence-electron chi connectivity index (χ0n) is 7.27. The van der Waals surface area contributed by atoms with E-state index in [2.05, 4.69) is 14.7 Å². The van der Waals surface area contributed by atoms with Gasteiger partial charge in [0.25, 0.3) is 0 Å². The Balaban J connectivity index is 2.54. The smallest absolute Gasteiger partial charge is 0.211 e. The minimum atomic E-state index is -3.13. The van der Waals surface area contributed by atoms with E-state index < -0.39 is 10.0 Å². The number of sulfonamides is 1. The normalized spacial score (nSPS) is 11.5. The average molecular weight is 201 g/mol. The van der Waals surface area contributed by atoms with Gasteiger partial charge in [-0.25, -0.2) is 23.1 Å². The molecule has 1 N–H and O–H groups in total. The molecule has 0 fully saturated rings. The molecule has 0 aliphatic heterocycles. The molecule has 1 heterocycles. The maximum atomic E-state index is 11.0. The largest absolute Gasteiger partial charge is 0.245 e. The van der Waals surface area contributed by atoms with Crippen molar-refractivity contribution in [2.75, 3.05) is 5.75 Å².